The van der Waals surface area contributed by atoms with E-state index < -0.39 is 0 Å². The van der Waals surface area contributed by atoms with Crippen LogP contribution in [0.25, 0.3) is 0 Å². The highest BCUT2D eigenvalue weighted by Crippen LogP contribution is 2.25. The van der Waals surface area contributed by atoms with Gasteiger partial charge in [0.15, 0.2) is 0 Å². The van der Waals surface area contributed by atoms with Crippen LogP contribution >= 0.6 is 0 Å². The molecule has 1 aliphatic carbocycles. The number of phenols is 1. The molecule has 2 aliphatic rings. The first kappa shape index (κ1) is 10.1. The van der Waals surface area contributed by atoms with Gasteiger partial charge in [0.1, 0.15) is 5.75 Å². The van der Waals surface area contributed by atoms with Gasteiger partial charge in [-0.25, -0.2) is 0 Å². The Morgan fingerprint density at radius 1 is 1.38 bits per heavy atom. The largest absolute Gasteiger partial charge is 0.508 e. The Bertz CT molecular complexity index is 388. The van der Waals surface area contributed by atoms with Gasteiger partial charge in [-0.05, 0) is 30.9 Å². The van der Waals surface area contributed by atoms with Crippen LogP contribution in [-0.2, 0) is 13.0 Å². The normalized spacial score (nSPS) is 24.1. The van der Waals surface area contributed by atoms with Gasteiger partial charge >= 0.3 is 0 Å². The molecule has 0 aromatic heterocycles. The molecule has 0 radical (unpaired) electrons. The minimum atomic E-state index is 0.429. The summed E-state index contributed by atoms with van der Waals surface area (Å²) in [5, 5.41) is 16.7. The smallest absolute Gasteiger partial charge is 0.120 e. The summed E-state index contributed by atoms with van der Waals surface area (Å²) in [5.41, 5.74) is 2.37. The molecule has 1 unspecified atom stereocenters. The third-order valence-corrected chi connectivity index (χ3v) is 3.51. The molecule has 3 heteroatoms. The summed E-state index contributed by atoms with van der Waals surface area (Å²) in [6.07, 6.45) is 3.69. The Hall–Kier alpha value is -1.06. The minimum absolute atomic E-state index is 0.429. The monoisotopic (exact) mass is 218 g/mol. The van der Waals surface area contributed by atoms with E-state index in [4.69, 9.17) is 0 Å². The van der Waals surface area contributed by atoms with Crippen molar-refractivity contribution in [2.45, 2.75) is 37.9 Å². The predicted octanol–water partition coefficient (Wildman–Crippen LogP) is 1.16. The minimum Gasteiger partial charge on any atom is -0.508 e. The molecule has 1 aromatic rings. The van der Waals surface area contributed by atoms with E-state index in [0.29, 0.717) is 11.8 Å². The van der Waals surface area contributed by atoms with Crippen molar-refractivity contribution in [1.82, 2.24) is 10.6 Å². The second kappa shape index (κ2) is 4.07. The summed E-state index contributed by atoms with van der Waals surface area (Å²) in [5.74, 6) is 0.429. The highest BCUT2D eigenvalue weighted by molar-refractivity contribution is 5.41. The van der Waals surface area contributed by atoms with E-state index in [1.54, 1.807) is 6.07 Å². The number of nitrogens with one attached hydrogen (secondary N) is 2. The standard InChI is InChI=1S/C13H18N2O/c16-13-3-1-2-9-6-11(15-8-12(9)13)7-14-10-4-5-10/h1-3,10-11,14-16H,4-8H2. The van der Waals surface area contributed by atoms with Crippen molar-refractivity contribution in [2.24, 2.45) is 0 Å². The maximum atomic E-state index is 9.72. The highest BCUT2D eigenvalue weighted by Gasteiger charge is 2.24. The summed E-state index contributed by atoms with van der Waals surface area (Å²) < 4.78 is 0. The van der Waals surface area contributed by atoms with Crippen molar-refractivity contribution in [3.8, 4) is 5.75 Å². The molecule has 1 aromatic carbocycles. The maximum absolute atomic E-state index is 9.72. The third kappa shape index (κ3) is 2.06. The number of aromatic hydroxyl groups is 1. The lowest BCUT2D eigenvalue weighted by Gasteiger charge is -2.27. The Morgan fingerprint density at radius 2 is 2.25 bits per heavy atom. The molecule has 1 fully saturated rings. The molecule has 86 valence electrons. The molecule has 1 heterocycles. The summed E-state index contributed by atoms with van der Waals surface area (Å²) in [7, 11) is 0. The zero-order chi connectivity index (χ0) is 11.0. The van der Waals surface area contributed by atoms with Gasteiger partial charge in [-0.15, -0.1) is 0 Å². The van der Waals surface area contributed by atoms with Gasteiger partial charge in [0.2, 0.25) is 0 Å². The second-order valence-electron chi connectivity index (χ2n) is 4.88. The summed E-state index contributed by atoms with van der Waals surface area (Å²) >= 11 is 0. The molecule has 3 nitrogen and oxygen atoms in total. The van der Waals surface area contributed by atoms with Gasteiger partial charge < -0.3 is 15.7 Å². The number of rotatable bonds is 3. The lowest BCUT2D eigenvalue weighted by Crippen LogP contribution is -2.43. The molecule has 1 saturated carbocycles. The Morgan fingerprint density at radius 3 is 3.06 bits per heavy atom. The van der Waals surface area contributed by atoms with Gasteiger partial charge in [0.25, 0.3) is 0 Å². The lowest BCUT2D eigenvalue weighted by molar-refractivity contribution is 0.421. The number of benzene rings is 1. The summed E-state index contributed by atoms with van der Waals surface area (Å²) in [6.45, 7) is 1.83. The Balaban J connectivity index is 1.65. The first-order valence-electron chi connectivity index (χ1n) is 6.09. The number of fused-ring (bicyclic) bond motifs is 1. The van der Waals surface area contributed by atoms with Crippen LogP contribution < -0.4 is 10.6 Å². The highest BCUT2D eigenvalue weighted by atomic mass is 16.3. The van der Waals surface area contributed by atoms with Gasteiger partial charge in [-0.2, -0.15) is 0 Å². The van der Waals surface area contributed by atoms with E-state index in [0.717, 1.165) is 31.1 Å². The first-order valence-corrected chi connectivity index (χ1v) is 6.09. The van der Waals surface area contributed by atoms with Crippen LogP contribution in [0.3, 0.4) is 0 Å². The molecule has 3 rings (SSSR count). The number of phenolic OH excluding ortho intramolecular Hbond substituents is 1. The lowest BCUT2D eigenvalue weighted by atomic mass is 9.95. The molecular weight excluding hydrogens is 200 g/mol. The molecule has 16 heavy (non-hydrogen) atoms. The Labute approximate surface area is 95.9 Å². The van der Waals surface area contributed by atoms with Crippen LogP contribution in [-0.4, -0.2) is 23.7 Å². The van der Waals surface area contributed by atoms with Crippen LogP contribution in [0.15, 0.2) is 18.2 Å². The Kier molecular flexibility index (Phi) is 2.58. The topological polar surface area (TPSA) is 44.3 Å². The zero-order valence-corrected chi connectivity index (χ0v) is 9.37. The van der Waals surface area contributed by atoms with Gasteiger partial charge in [-0.3, -0.25) is 0 Å². The number of hydrogen-bond acceptors (Lipinski definition) is 3. The van der Waals surface area contributed by atoms with E-state index in [1.807, 2.05) is 6.07 Å². The predicted molar refractivity (Wildman–Crippen MR) is 63.5 cm³/mol. The van der Waals surface area contributed by atoms with E-state index in [1.165, 1.54) is 18.4 Å². The molecule has 1 atom stereocenters. The van der Waals surface area contributed by atoms with Gasteiger partial charge in [0.05, 0.1) is 0 Å². The van der Waals surface area contributed by atoms with Gasteiger partial charge in [-0.1, -0.05) is 12.1 Å². The maximum Gasteiger partial charge on any atom is 0.120 e. The van der Waals surface area contributed by atoms with Crippen molar-refractivity contribution in [2.75, 3.05) is 6.54 Å². The van der Waals surface area contributed by atoms with Crippen molar-refractivity contribution >= 4 is 0 Å². The zero-order valence-electron chi connectivity index (χ0n) is 9.37. The van der Waals surface area contributed by atoms with Crippen molar-refractivity contribution in [3.05, 3.63) is 29.3 Å². The fraction of sp³-hybridized carbons (Fsp3) is 0.538. The van der Waals surface area contributed by atoms with Crippen LogP contribution in [0.5, 0.6) is 5.75 Å². The average Bonchev–Trinajstić information content (AvgIpc) is 3.10. The van der Waals surface area contributed by atoms with E-state index in [2.05, 4.69) is 16.7 Å². The summed E-state index contributed by atoms with van der Waals surface area (Å²) in [4.78, 5) is 0. The quantitative estimate of drug-likeness (QED) is 0.713. The van der Waals surface area contributed by atoms with E-state index >= 15 is 0 Å². The van der Waals surface area contributed by atoms with E-state index in [9.17, 15) is 5.11 Å². The number of hydrogen-bond donors (Lipinski definition) is 3. The second-order valence-corrected chi connectivity index (χ2v) is 4.88. The molecule has 0 saturated heterocycles. The molecule has 0 spiro atoms. The average molecular weight is 218 g/mol. The van der Waals surface area contributed by atoms with E-state index in [-0.39, 0.29) is 0 Å². The van der Waals surface area contributed by atoms with Crippen molar-refractivity contribution < 1.29 is 5.11 Å². The van der Waals surface area contributed by atoms with Crippen LogP contribution in [0.2, 0.25) is 0 Å². The SMILES string of the molecule is Oc1cccc2c1CNC(CNC1CC1)C2. The first-order chi connectivity index (χ1) is 7.83. The molecule has 1 aliphatic heterocycles. The third-order valence-electron chi connectivity index (χ3n) is 3.51. The molecule has 3 N–H and O–H groups in total. The van der Waals surface area contributed by atoms with Crippen LogP contribution in [0.4, 0.5) is 0 Å². The van der Waals surface area contributed by atoms with Gasteiger partial charge in [0, 0.05) is 30.7 Å². The fourth-order valence-corrected chi connectivity index (χ4v) is 2.34. The summed E-state index contributed by atoms with van der Waals surface area (Å²) in [6, 6.07) is 7.11. The fourth-order valence-electron chi connectivity index (χ4n) is 2.34. The van der Waals surface area contributed by atoms with Crippen LogP contribution in [0.1, 0.15) is 24.0 Å². The van der Waals surface area contributed by atoms with Crippen molar-refractivity contribution in [3.63, 3.8) is 0 Å². The van der Waals surface area contributed by atoms with Crippen molar-refractivity contribution in [1.29, 1.82) is 0 Å². The molecule has 0 amide bonds. The molecule has 0 bridgehead atoms. The van der Waals surface area contributed by atoms with Crippen LogP contribution in [0, 0.1) is 0 Å². The molecular formula is C13H18N2O.